The van der Waals surface area contributed by atoms with Crippen LogP contribution in [0.2, 0.25) is 0 Å². The zero-order valence-electron chi connectivity index (χ0n) is 16.2. The molecular weight excluding hydrogens is 390 g/mol. The number of nitrogens with one attached hydrogen (secondary N) is 4. The van der Waals surface area contributed by atoms with Crippen LogP contribution in [-0.4, -0.2) is 52.8 Å². The van der Waals surface area contributed by atoms with Crippen molar-refractivity contribution in [2.45, 2.75) is 6.54 Å². The van der Waals surface area contributed by atoms with Crippen LogP contribution in [0.15, 0.2) is 35.0 Å². The molecule has 2 aromatic heterocycles. The van der Waals surface area contributed by atoms with Crippen LogP contribution in [0.3, 0.4) is 0 Å². The second kappa shape index (κ2) is 10.6. The van der Waals surface area contributed by atoms with Gasteiger partial charge in [-0.3, -0.25) is 0 Å². The summed E-state index contributed by atoms with van der Waals surface area (Å²) in [5.41, 5.74) is 3.54. The van der Waals surface area contributed by atoms with Crippen molar-refractivity contribution < 1.29 is 9.26 Å². The molecule has 0 amide bonds. The minimum Gasteiger partial charge on any atom is -0.383 e. The summed E-state index contributed by atoms with van der Waals surface area (Å²) in [7, 11) is 1.66. The average molecular weight is 414 g/mol. The number of ether oxygens (including phenoxy) is 1. The van der Waals surface area contributed by atoms with Crippen molar-refractivity contribution in [3.8, 4) is 22.6 Å². The molecule has 0 bridgehead atoms. The molecule has 29 heavy (non-hydrogen) atoms. The molecule has 3 aromatic rings. The Hall–Kier alpha value is -2.95. The fraction of sp³-hybridized carbons (Fsp3) is 0.263. The van der Waals surface area contributed by atoms with Crippen LogP contribution in [0, 0.1) is 5.41 Å². The summed E-state index contributed by atoms with van der Waals surface area (Å²) in [6, 6.07) is 5.97. The smallest absolute Gasteiger partial charge is 0.240 e. The van der Waals surface area contributed by atoms with Crippen molar-refractivity contribution in [2.24, 2.45) is 0 Å². The third-order valence-electron chi connectivity index (χ3n) is 3.90. The zero-order valence-corrected chi connectivity index (χ0v) is 17.0. The molecule has 3 rings (SSSR count). The maximum Gasteiger partial charge on any atom is 0.240 e. The summed E-state index contributed by atoms with van der Waals surface area (Å²) in [4.78, 5) is 12.0. The number of imidazole rings is 1. The highest BCUT2D eigenvalue weighted by Crippen LogP contribution is 2.29. The standard InChI is InChI=1S/C19H23N7O2S/c1-27-7-6-21-12-18-24-19(25-28-18)14-8-13(9-15(10-14)26-29-2)16-11-22-17(23-16)4-3-5-20/h3-5,8-11,20-21,26H,6-7,12H2,1-2H3,(H,22,23)/b4-3-,20-5?. The van der Waals surface area contributed by atoms with E-state index in [1.807, 2.05) is 24.5 Å². The quantitative estimate of drug-likeness (QED) is 0.215. The second-order valence-electron chi connectivity index (χ2n) is 5.99. The summed E-state index contributed by atoms with van der Waals surface area (Å²) in [5, 5.41) is 14.4. The van der Waals surface area contributed by atoms with E-state index in [-0.39, 0.29) is 0 Å². The van der Waals surface area contributed by atoms with Gasteiger partial charge in [0.25, 0.3) is 0 Å². The third kappa shape index (κ3) is 5.76. The van der Waals surface area contributed by atoms with Gasteiger partial charge in [-0.1, -0.05) is 17.1 Å². The van der Waals surface area contributed by atoms with Crippen LogP contribution in [0.1, 0.15) is 11.7 Å². The van der Waals surface area contributed by atoms with Crippen molar-refractivity contribution in [3.63, 3.8) is 0 Å². The Balaban J connectivity index is 1.85. The maximum absolute atomic E-state index is 7.09. The van der Waals surface area contributed by atoms with E-state index < -0.39 is 0 Å². The van der Waals surface area contributed by atoms with Crippen LogP contribution in [0.4, 0.5) is 5.69 Å². The van der Waals surface area contributed by atoms with Gasteiger partial charge in [0.2, 0.25) is 11.7 Å². The van der Waals surface area contributed by atoms with Crippen LogP contribution in [0.25, 0.3) is 28.7 Å². The lowest BCUT2D eigenvalue weighted by molar-refractivity contribution is 0.197. The summed E-state index contributed by atoms with van der Waals surface area (Å²) < 4.78 is 13.6. The Morgan fingerprint density at radius 2 is 2.17 bits per heavy atom. The predicted molar refractivity (Wildman–Crippen MR) is 116 cm³/mol. The van der Waals surface area contributed by atoms with Gasteiger partial charge < -0.3 is 29.7 Å². The number of methoxy groups -OCH3 is 1. The number of benzene rings is 1. The highest BCUT2D eigenvalue weighted by molar-refractivity contribution is 7.99. The SMILES string of the molecule is COCCNCc1nc(-c2cc(NSC)cc(-c3cnc(/C=C\C=N)[nH]3)c2)no1. The Labute approximate surface area is 173 Å². The van der Waals surface area contributed by atoms with Crippen LogP contribution < -0.4 is 10.0 Å². The van der Waals surface area contributed by atoms with E-state index in [1.165, 1.54) is 18.2 Å². The maximum atomic E-state index is 7.09. The third-order valence-corrected chi connectivity index (χ3v) is 4.34. The van der Waals surface area contributed by atoms with E-state index in [1.54, 1.807) is 25.5 Å². The fourth-order valence-electron chi connectivity index (χ4n) is 2.61. The molecule has 0 aliphatic carbocycles. The number of hydrogen-bond donors (Lipinski definition) is 4. The molecule has 1 aromatic carbocycles. The number of aromatic nitrogens is 4. The van der Waals surface area contributed by atoms with Gasteiger partial charge in [0.1, 0.15) is 5.82 Å². The number of anilines is 1. The highest BCUT2D eigenvalue weighted by Gasteiger charge is 2.12. The van der Waals surface area contributed by atoms with Crippen molar-refractivity contribution >= 4 is 29.9 Å². The Kier molecular flexibility index (Phi) is 7.56. The Morgan fingerprint density at radius 1 is 1.31 bits per heavy atom. The van der Waals surface area contributed by atoms with Gasteiger partial charge >= 0.3 is 0 Å². The molecule has 0 aliphatic heterocycles. The van der Waals surface area contributed by atoms with Crippen molar-refractivity contribution in [1.82, 2.24) is 25.4 Å². The lowest BCUT2D eigenvalue weighted by atomic mass is 10.1. The molecule has 0 spiro atoms. The number of hydrogen-bond acceptors (Lipinski definition) is 9. The summed E-state index contributed by atoms with van der Waals surface area (Å²) in [5.74, 6) is 1.71. The first kappa shape index (κ1) is 20.8. The van der Waals surface area contributed by atoms with Gasteiger partial charge in [-0.2, -0.15) is 4.98 Å². The number of H-pyrrole nitrogens is 1. The molecule has 0 aliphatic rings. The minimum absolute atomic E-state index is 0.481. The second-order valence-corrected chi connectivity index (χ2v) is 6.61. The van der Waals surface area contributed by atoms with E-state index in [0.29, 0.717) is 37.2 Å². The van der Waals surface area contributed by atoms with E-state index in [9.17, 15) is 0 Å². The van der Waals surface area contributed by atoms with E-state index in [4.69, 9.17) is 14.7 Å². The summed E-state index contributed by atoms with van der Waals surface area (Å²) in [6.45, 7) is 1.81. The van der Waals surface area contributed by atoms with Gasteiger partial charge in [0, 0.05) is 42.9 Å². The number of rotatable bonds is 11. The first-order valence-electron chi connectivity index (χ1n) is 8.92. The molecule has 0 radical (unpaired) electrons. The number of aromatic amines is 1. The highest BCUT2D eigenvalue weighted by atomic mass is 32.2. The Bertz CT molecular complexity index is 967. The topological polar surface area (TPSA) is 125 Å². The average Bonchev–Trinajstić information content (AvgIpc) is 3.39. The number of allylic oxidation sites excluding steroid dienone is 1. The van der Waals surface area contributed by atoms with Crippen molar-refractivity contribution in [1.29, 1.82) is 5.41 Å². The first-order valence-corrected chi connectivity index (χ1v) is 10.1. The summed E-state index contributed by atoms with van der Waals surface area (Å²) >= 11 is 1.50. The lowest BCUT2D eigenvalue weighted by Gasteiger charge is -2.07. The molecule has 0 unspecified atom stereocenters. The van der Waals surface area contributed by atoms with Gasteiger partial charge in [0.15, 0.2) is 0 Å². The molecule has 0 saturated heterocycles. The molecule has 9 nitrogen and oxygen atoms in total. The largest absolute Gasteiger partial charge is 0.383 e. The molecular formula is C19H23N7O2S. The molecule has 4 N–H and O–H groups in total. The fourth-order valence-corrected chi connectivity index (χ4v) is 2.96. The van der Waals surface area contributed by atoms with Gasteiger partial charge in [0.05, 0.1) is 25.0 Å². The molecule has 10 heteroatoms. The Morgan fingerprint density at radius 3 is 2.97 bits per heavy atom. The lowest BCUT2D eigenvalue weighted by Crippen LogP contribution is -2.18. The predicted octanol–water partition coefficient (Wildman–Crippen LogP) is 3.22. The normalized spacial score (nSPS) is 11.2. The van der Waals surface area contributed by atoms with Gasteiger partial charge in [-0.25, -0.2) is 4.98 Å². The minimum atomic E-state index is 0.481. The van der Waals surface area contributed by atoms with E-state index in [2.05, 4.69) is 30.1 Å². The van der Waals surface area contributed by atoms with Crippen molar-refractivity contribution in [3.05, 3.63) is 42.2 Å². The summed E-state index contributed by atoms with van der Waals surface area (Å²) in [6.07, 6.45) is 8.28. The molecule has 0 saturated carbocycles. The van der Waals surface area contributed by atoms with Gasteiger partial charge in [-0.15, -0.1) is 0 Å². The molecule has 2 heterocycles. The monoisotopic (exact) mass is 413 g/mol. The van der Waals surface area contributed by atoms with Crippen molar-refractivity contribution in [2.75, 3.05) is 31.2 Å². The molecule has 152 valence electrons. The van der Waals surface area contributed by atoms with E-state index >= 15 is 0 Å². The van der Waals surface area contributed by atoms with E-state index in [0.717, 1.165) is 22.5 Å². The van der Waals surface area contributed by atoms with Gasteiger partial charge in [-0.05, 0) is 30.4 Å². The van der Waals surface area contributed by atoms with Crippen LogP contribution in [0.5, 0.6) is 0 Å². The number of nitrogens with zero attached hydrogens (tertiary/aromatic N) is 3. The first-order chi connectivity index (χ1) is 14.2. The molecule has 0 atom stereocenters. The zero-order chi connectivity index (χ0) is 20.5. The molecule has 0 fully saturated rings. The van der Waals surface area contributed by atoms with Crippen LogP contribution in [-0.2, 0) is 11.3 Å². The van der Waals surface area contributed by atoms with Crippen LogP contribution >= 0.6 is 11.9 Å².